The van der Waals surface area contributed by atoms with Crippen LogP contribution in [0.5, 0.6) is 0 Å². The molecule has 270 valence electrons. The molecule has 0 aliphatic carbocycles. The normalized spacial score (nSPS) is 12.2. The highest BCUT2D eigenvalue weighted by Crippen LogP contribution is 2.35. The number of carboxylic acid groups (broad SMARTS) is 2. The lowest BCUT2D eigenvalue weighted by Gasteiger charge is -2.07. The molecule has 2 unspecified atom stereocenters. The number of carbonyl (C=O) groups is 2. The van der Waals surface area contributed by atoms with E-state index in [9.17, 15) is 19.7 Å². The highest BCUT2D eigenvalue weighted by atomic mass is 32.2. The number of carboxylic acids is 2. The van der Waals surface area contributed by atoms with Crippen molar-refractivity contribution in [1.29, 1.82) is 0 Å². The molecule has 6 aromatic rings. The summed E-state index contributed by atoms with van der Waals surface area (Å²) in [5, 5.41) is 31.9. The second kappa shape index (κ2) is 17.2. The monoisotopic (exact) mass is 750 g/mol. The Bertz CT molecular complexity index is 2210. The van der Waals surface area contributed by atoms with Crippen LogP contribution in [0.1, 0.15) is 28.2 Å². The standard InChI is InChI=1S/C13H15N3O4S.C13H16N2O2S.C10H11NS/c1-6-8(5-9(14)13(17)18)12-10(15-6)3-7(21-2)4-11(12)16(19)20;1-7-10(6-11(14)13(16)17)9-4-3-8(18-2)5-12(9)15-7;1-7-5-8-3-4-9(12-2)6-10(8)11-7/h3-4,9,15H,5,14H2,1-2H3,(H,17,18);3-5,11,15H,6,14H2,1-2H3,(H,16,17);3-6,11H,1-2H3. The molecule has 2 atom stereocenters. The first-order valence-corrected chi connectivity index (χ1v) is 19.4. The molecule has 0 spiro atoms. The summed E-state index contributed by atoms with van der Waals surface area (Å²) in [6.07, 6.45) is 6.34. The number of aromatic nitrogens is 3. The Morgan fingerprint density at radius 1 is 0.725 bits per heavy atom. The Labute approximate surface area is 307 Å². The Hall–Kier alpha value is -4.41. The van der Waals surface area contributed by atoms with Gasteiger partial charge in [0.2, 0.25) is 0 Å². The molecule has 0 amide bonds. The molecule has 12 nitrogen and oxygen atoms in total. The van der Waals surface area contributed by atoms with Gasteiger partial charge in [-0.05, 0) is 92.4 Å². The molecular formula is C36H42N6O6S3. The van der Waals surface area contributed by atoms with E-state index in [1.165, 1.54) is 44.2 Å². The molecule has 0 fully saturated rings. The molecule has 3 heterocycles. The van der Waals surface area contributed by atoms with Gasteiger partial charge in [0.25, 0.3) is 5.69 Å². The minimum atomic E-state index is -1.13. The molecule has 51 heavy (non-hydrogen) atoms. The second-order valence-electron chi connectivity index (χ2n) is 11.9. The maximum absolute atomic E-state index is 11.3. The number of nitro benzene ring substituents is 1. The number of non-ortho nitro benzene ring substituents is 1. The molecule has 0 aliphatic rings. The van der Waals surface area contributed by atoms with Gasteiger partial charge in [-0.3, -0.25) is 19.7 Å². The number of nitrogens with two attached hydrogens (primary N) is 2. The Morgan fingerprint density at radius 3 is 1.80 bits per heavy atom. The average Bonchev–Trinajstić information content (AvgIpc) is 3.73. The molecule has 15 heteroatoms. The van der Waals surface area contributed by atoms with E-state index in [1.807, 2.05) is 37.6 Å². The lowest BCUT2D eigenvalue weighted by Crippen LogP contribution is -2.32. The van der Waals surface area contributed by atoms with E-state index in [1.54, 1.807) is 30.4 Å². The second-order valence-corrected chi connectivity index (χ2v) is 14.5. The van der Waals surface area contributed by atoms with Gasteiger partial charge in [0.05, 0.1) is 15.8 Å². The first kappa shape index (κ1) is 39.4. The molecule has 0 bridgehead atoms. The number of hydrogen-bond donors (Lipinski definition) is 7. The summed E-state index contributed by atoms with van der Waals surface area (Å²) in [6.45, 7) is 5.79. The summed E-state index contributed by atoms with van der Waals surface area (Å²) < 4.78 is 0. The summed E-state index contributed by atoms with van der Waals surface area (Å²) in [4.78, 5) is 45.5. The van der Waals surface area contributed by atoms with E-state index in [0.29, 0.717) is 28.6 Å². The van der Waals surface area contributed by atoms with Gasteiger partial charge in [0.1, 0.15) is 12.1 Å². The van der Waals surface area contributed by atoms with Gasteiger partial charge in [-0.25, -0.2) is 0 Å². The van der Waals surface area contributed by atoms with Crippen molar-refractivity contribution in [2.75, 3.05) is 18.8 Å². The quantitative estimate of drug-likeness (QED) is 0.0415. The maximum Gasteiger partial charge on any atom is 0.320 e. The van der Waals surface area contributed by atoms with Crippen molar-refractivity contribution in [3.8, 4) is 0 Å². The topological polar surface area (TPSA) is 217 Å². The molecular weight excluding hydrogens is 709 g/mol. The number of hydrogen-bond acceptors (Lipinski definition) is 9. The van der Waals surface area contributed by atoms with Crippen molar-refractivity contribution >= 4 is 85.6 Å². The summed E-state index contributed by atoms with van der Waals surface area (Å²) in [5.41, 5.74) is 18.5. The first-order valence-electron chi connectivity index (χ1n) is 15.8. The van der Waals surface area contributed by atoms with Crippen LogP contribution in [0.4, 0.5) is 5.69 Å². The first-order chi connectivity index (χ1) is 24.2. The predicted molar refractivity (Wildman–Crippen MR) is 210 cm³/mol. The van der Waals surface area contributed by atoms with Gasteiger partial charge in [0.15, 0.2) is 0 Å². The lowest BCUT2D eigenvalue weighted by atomic mass is 10.0. The van der Waals surface area contributed by atoms with Crippen molar-refractivity contribution < 1.29 is 24.7 Å². The Morgan fingerprint density at radius 2 is 1.24 bits per heavy atom. The van der Waals surface area contributed by atoms with E-state index >= 15 is 0 Å². The number of fused-ring (bicyclic) bond motifs is 3. The smallest absolute Gasteiger partial charge is 0.320 e. The van der Waals surface area contributed by atoms with Crippen molar-refractivity contribution in [1.82, 2.24) is 15.0 Å². The molecule has 3 aromatic carbocycles. The SMILES string of the molecule is CSc1cc([N+](=O)[O-])c2c(CC(N)C(=O)O)c(C)[nH]c2c1.CSc1ccc2c(CC(N)C(=O)O)c(C)[nH]c2c1.CSc1ccc2cc(C)[nH]c2c1. The zero-order chi connectivity index (χ0) is 37.6. The molecule has 0 saturated heterocycles. The van der Waals surface area contributed by atoms with E-state index < -0.39 is 28.9 Å². The van der Waals surface area contributed by atoms with Crippen molar-refractivity contribution in [3.63, 3.8) is 0 Å². The molecule has 0 saturated carbocycles. The van der Waals surface area contributed by atoms with Crippen molar-refractivity contribution in [2.24, 2.45) is 11.5 Å². The van der Waals surface area contributed by atoms with Crippen LogP contribution in [0.2, 0.25) is 0 Å². The average molecular weight is 751 g/mol. The zero-order valence-electron chi connectivity index (χ0n) is 29.1. The molecule has 0 aliphatic heterocycles. The predicted octanol–water partition coefficient (Wildman–Crippen LogP) is 7.41. The van der Waals surface area contributed by atoms with E-state index in [0.717, 1.165) is 27.1 Å². The Balaban J connectivity index is 0.000000177. The van der Waals surface area contributed by atoms with E-state index in [2.05, 4.69) is 58.5 Å². The number of benzene rings is 3. The summed E-state index contributed by atoms with van der Waals surface area (Å²) in [5.74, 6) is -2.10. The van der Waals surface area contributed by atoms with Crippen LogP contribution in [0.25, 0.3) is 32.7 Å². The van der Waals surface area contributed by atoms with Crippen LogP contribution in [0, 0.1) is 30.9 Å². The third kappa shape index (κ3) is 9.48. The van der Waals surface area contributed by atoms with Crippen LogP contribution in [0.3, 0.4) is 0 Å². The van der Waals surface area contributed by atoms with E-state index in [4.69, 9.17) is 21.7 Å². The fourth-order valence-electron chi connectivity index (χ4n) is 5.75. The molecule has 6 rings (SSSR count). The van der Waals surface area contributed by atoms with Crippen LogP contribution < -0.4 is 11.5 Å². The highest BCUT2D eigenvalue weighted by Gasteiger charge is 2.24. The number of thioether (sulfide) groups is 3. The number of aliphatic carboxylic acids is 2. The summed E-state index contributed by atoms with van der Waals surface area (Å²) in [6, 6.07) is 16.2. The summed E-state index contributed by atoms with van der Waals surface area (Å²) in [7, 11) is 0. The summed E-state index contributed by atoms with van der Waals surface area (Å²) >= 11 is 4.86. The zero-order valence-corrected chi connectivity index (χ0v) is 31.6. The Kier molecular flexibility index (Phi) is 13.3. The lowest BCUT2D eigenvalue weighted by molar-refractivity contribution is -0.383. The number of H-pyrrole nitrogens is 3. The minimum absolute atomic E-state index is 0.0335. The van der Waals surface area contributed by atoms with Crippen LogP contribution in [0.15, 0.2) is 69.3 Å². The third-order valence-corrected chi connectivity index (χ3v) is 10.5. The van der Waals surface area contributed by atoms with E-state index in [-0.39, 0.29) is 12.1 Å². The van der Waals surface area contributed by atoms with Crippen LogP contribution in [-0.2, 0) is 22.4 Å². The molecule has 3 aromatic heterocycles. The number of nitrogens with one attached hydrogen (secondary N) is 3. The third-order valence-electron chi connectivity index (χ3n) is 8.37. The largest absolute Gasteiger partial charge is 0.480 e. The van der Waals surface area contributed by atoms with Gasteiger partial charge >= 0.3 is 11.9 Å². The van der Waals surface area contributed by atoms with Gasteiger partial charge in [-0.15, -0.1) is 35.3 Å². The fraction of sp³-hybridized carbons (Fsp3) is 0.278. The van der Waals surface area contributed by atoms with Gasteiger partial charge in [0, 0.05) is 67.1 Å². The van der Waals surface area contributed by atoms with Crippen LogP contribution in [-0.4, -0.2) is 72.9 Å². The highest BCUT2D eigenvalue weighted by molar-refractivity contribution is 7.99. The number of nitro groups is 1. The van der Waals surface area contributed by atoms with Gasteiger partial charge in [-0.2, -0.15) is 0 Å². The van der Waals surface area contributed by atoms with Crippen LogP contribution >= 0.6 is 35.3 Å². The number of aryl methyl sites for hydroxylation is 3. The number of nitrogens with zero attached hydrogens (tertiary/aromatic N) is 1. The number of aromatic amines is 3. The van der Waals surface area contributed by atoms with Crippen molar-refractivity contribution in [2.45, 2.75) is 60.4 Å². The minimum Gasteiger partial charge on any atom is -0.480 e. The molecule has 0 radical (unpaired) electrons. The number of rotatable bonds is 10. The van der Waals surface area contributed by atoms with Crippen molar-refractivity contribution in [3.05, 3.63) is 92.9 Å². The fourth-order valence-corrected chi connectivity index (χ4v) is 7.10. The van der Waals surface area contributed by atoms with Gasteiger partial charge in [-0.1, -0.05) is 12.1 Å². The van der Waals surface area contributed by atoms with Gasteiger partial charge < -0.3 is 36.6 Å². The maximum atomic E-state index is 11.3. The molecule has 9 N–H and O–H groups in total.